The van der Waals surface area contributed by atoms with Gasteiger partial charge in [0.25, 0.3) is 0 Å². The maximum Gasteiger partial charge on any atom is 0.0307 e. The molecule has 6 aromatic carbocycles. The molecule has 0 atom stereocenters. The largest absolute Gasteiger partial charge is 0.168 e. The minimum absolute atomic E-state index is 0. The maximum atomic E-state index is 2.18. The van der Waals surface area contributed by atoms with Crippen molar-refractivity contribution in [1.29, 1.82) is 0 Å². The van der Waals surface area contributed by atoms with E-state index < -0.39 is 0 Å². The molecule has 6 heteroatoms. The number of fused-ring (bicyclic) bond motifs is 2. The maximum absolute atomic E-state index is 2.18. The van der Waals surface area contributed by atoms with Crippen molar-refractivity contribution < 1.29 is 78.6 Å². The van der Waals surface area contributed by atoms with E-state index in [4.69, 9.17) is 0 Å². The molecule has 0 spiro atoms. The molecule has 0 aromatic heterocycles. The number of hydrogen-bond donors (Lipinski definition) is 0. The molecule has 0 saturated carbocycles. The van der Waals surface area contributed by atoms with Gasteiger partial charge in [0.05, 0.1) is 0 Å². The normalized spacial score (nSPS) is 8.89. The number of benzene rings is 4. The summed E-state index contributed by atoms with van der Waals surface area (Å²) in [5.74, 6) is 0. The Labute approximate surface area is 299 Å². The molecule has 0 nitrogen and oxygen atoms in total. The molecule has 0 fully saturated rings. The van der Waals surface area contributed by atoms with E-state index in [1.807, 2.05) is 0 Å². The third kappa shape index (κ3) is 10.5. The van der Waals surface area contributed by atoms with Crippen LogP contribution in [0.3, 0.4) is 0 Å². The first-order valence-electron chi connectivity index (χ1n) is 11.3. The molecule has 190 valence electrons. The molecule has 0 saturated heterocycles. The van der Waals surface area contributed by atoms with Crippen LogP contribution in [0.5, 0.6) is 0 Å². The molecule has 0 aliphatic rings. The van der Waals surface area contributed by atoms with Gasteiger partial charge >= 0.3 is 0 Å². The summed E-state index contributed by atoms with van der Waals surface area (Å²) in [6.45, 7) is 4.31. The Morgan fingerprint density at radius 1 is 0.447 bits per heavy atom. The third-order valence-electron chi connectivity index (χ3n) is 5.53. The van der Waals surface area contributed by atoms with Gasteiger partial charge in [-0.15, -0.1) is 82.8 Å². The molecule has 2 radical (unpaired) electrons. The van der Waals surface area contributed by atoms with E-state index in [9.17, 15) is 0 Å². The van der Waals surface area contributed by atoms with Crippen molar-refractivity contribution in [3.05, 3.63) is 133 Å². The molecule has 0 aliphatic heterocycles. The number of hydrogen-bond acceptors (Lipinski definition) is 0. The summed E-state index contributed by atoms with van der Waals surface area (Å²) in [5.41, 5.74) is 5.21. The van der Waals surface area contributed by atoms with Crippen LogP contribution in [0.2, 0.25) is 13.1 Å². The standard InChI is InChI=1S/2C15H11.C2H6Si.2ClH.3Zr/c2*1-2-6-12(7-3-1)14-10-4-8-13-9-5-11-15(13)14;1-3-2;;;;;/h2*1-11H;1-2H3;2*1H;;;/q2*-1;;;;;;. The van der Waals surface area contributed by atoms with E-state index in [1.165, 1.54) is 43.8 Å². The van der Waals surface area contributed by atoms with Gasteiger partial charge in [-0.25, -0.2) is 0 Å². The van der Waals surface area contributed by atoms with Crippen LogP contribution in [0, 0.1) is 0 Å². The molecule has 0 bridgehead atoms. The van der Waals surface area contributed by atoms with Crippen molar-refractivity contribution in [3.63, 3.8) is 0 Å². The van der Waals surface area contributed by atoms with Crippen LogP contribution in [-0.2, 0) is 78.6 Å². The second kappa shape index (κ2) is 21.3. The van der Waals surface area contributed by atoms with Gasteiger partial charge in [-0.2, -0.15) is 24.3 Å². The molecule has 0 aliphatic carbocycles. The number of rotatable bonds is 2. The smallest absolute Gasteiger partial charge is 0.0307 e. The van der Waals surface area contributed by atoms with E-state index >= 15 is 0 Å². The minimum Gasteiger partial charge on any atom is -0.168 e. The van der Waals surface area contributed by atoms with Crippen LogP contribution in [-0.4, -0.2) is 9.52 Å². The monoisotopic (exact) mass is 782 g/mol. The van der Waals surface area contributed by atoms with E-state index in [1.54, 1.807) is 0 Å². The summed E-state index contributed by atoms with van der Waals surface area (Å²) in [4.78, 5) is 0. The molecule has 0 amide bonds. The second-order valence-corrected chi connectivity index (χ2v) is 8.90. The van der Waals surface area contributed by atoms with Gasteiger partial charge in [-0.3, -0.25) is 0 Å². The summed E-state index contributed by atoms with van der Waals surface area (Å²) in [5, 5.41) is 5.31. The Balaban J connectivity index is 0. The fourth-order valence-electron chi connectivity index (χ4n) is 4.06. The summed E-state index contributed by atoms with van der Waals surface area (Å²) in [6.07, 6.45) is 0. The van der Waals surface area contributed by atoms with Gasteiger partial charge in [0.2, 0.25) is 0 Å². The topological polar surface area (TPSA) is 0 Å². The van der Waals surface area contributed by atoms with Crippen molar-refractivity contribution in [3.8, 4) is 22.3 Å². The first-order valence-corrected chi connectivity index (χ1v) is 13.3. The first-order chi connectivity index (χ1) is 16.3. The van der Waals surface area contributed by atoms with E-state index in [2.05, 4.69) is 147 Å². The first kappa shape index (κ1) is 39.7. The zero-order valence-electron chi connectivity index (χ0n) is 21.5. The van der Waals surface area contributed by atoms with Crippen LogP contribution in [0.25, 0.3) is 43.8 Å². The van der Waals surface area contributed by atoms with Gasteiger partial charge in [-0.05, 0) is 11.1 Å². The third-order valence-corrected chi connectivity index (χ3v) is 5.53. The van der Waals surface area contributed by atoms with Crippen LogP contribution >= 0.6 is 24.8 Å². The molecule has 6 aromatic rings. The molecular weight excluding hydrogens is 757 g/mol. The Morgan fingerprint density at radius 2 is 0.789 bits per heavy atom. The van der Waals surface area contributed by atoms with Crippen molar-refractivity contribution in [2.45, 2.75) is 13.1 Å². The molecule has 0 unspecified atom stereocenters. The van der Waals surface area contributed by atoms with E-state index in [-0.39, 0.29) is 103 Å². The summed E-state index contributed by atoms with van der Waals surface area (Å²) >= 11 is 0. The van der Waals surface area contributed by atoms with Gasteiger partial charge in [-0.1, -0.05) is 97.0 Å². The summed E-state index contributed by atoms with van der Waals surface area (Å²) < 4.78 is 0. The predicted octanol–water partition coefficient (Wildman–Crippen LogP) is 10.1. The van der Waals surface area contributed by atoms with E-state index in [0.717, 1.165) is 9.52 Å². The van der Waals surface area contributed by atoms with Crippen molar-refractivity contribution >= 4 is 55.9 Å². The van der Waals surface area contributed by atoms with Crippen LogP contribution in [0.1, 0.15) is 0 Å². The molecular formula is C32H30Cl2SiZr3-2. The Hall–Kier alpha value is -0.454. The van der Waals surface area contributed by atoms with E-state index in [0.29, 0.717) is 0 Å². The van der Waals surface area contributed by atoms with Crippen molar-refractivity contribution in [2.75, 3.05) is 0 Å². The van der Waals surface area contributed by atoms with Crippen LogP contribution in [0.15, 0.2) is 133 Å². The van der Waals surface area contributed by atoms with Crippen molar-refractivity contribution in [1.82, 2.24) is 0 Å². The molecule has 6 rings (SSSR count). The SMILES string of the molecule is C[Si]C.Cl.Cl.[Zr].[Zr].[Zr].c1ccc(-c2cccc3[cH-]ccc23)cc1.c1ccc(-c2cccc3[cH-]ccc23)cc1. The van der Waals surface area contributed by atoms with Gasteiger partial charge < -0.3 is 0 Å². The minimum atomic E-state index is 0. The Kier molecular flexibility index (Phi) is 22.3. The quantitative estimate of drug-likeness (QED) is 0.121. The fraction of sp³-hybridized carbons (Fsp3) is 0.0625. The molecule has 0 N–H and O–H groups in total. The summed E-state index contributed by atoms with van der Waals surface area (Å²) in [6, 6.07) is 46.8. The zero-order valence-corrected chi connectivity index (χ0v) is 31.5. The van der Waals surface area contributed by atoms with Gasteiger partial charge in [0.1, 0.15) is 0 Å². The average molecular weight is 787 g/mol. The van der Waals surface area contributed by atoms with Crippen LogP contribution < -0.4 is 0 Å². The van der Waals surface area contributed by atoms with Crippen molar-refractivity contribution in [2.24, 2.45) is 0 Å². The Bertz CT molecular complexity index is 1300. The average Bonchev–Trinajstić information content (AvgIpc) is 3.55. The predicted molar refractivity (Wildman–Crippen MR) is 162 cm³/mol. The van der Waals surface area contributed by atoms with Gasteiger partial charge in [0.15, 0.2) is 0 Å². The Morgan fingerprint density at radius 3 is 1.13 bits per heavy atom. The summed E-state index contributed by atoms with van der Waals surface area (Å²) in [7, 11) is 1.08. The zero-order chi connectivity index (χ0) is 22.9. The van der Waals surface area contributed by atoms with Gasteiger partial charge in [0, 0.05) is 88.1 Å². The second-order valence-electron chi connectivity index (χ2n) is 7.90. The molecule has 38 heavy (non-hydrogen) atoms. The van der Waals surface area contributed by atoms with Crippen LogP contribution in [0.4, 0.5) is 0 Å². The number of halogens is 2. The fourth-order valence-corrected chi connectivity index (χ4v) is 4.06. The molecule has 0 heterocycles.